The maximum atomic E-state index is 14.0. The van der Waals surface area contributed by atoms with E-state index in [1.807, 2.05) is 6.92 Å². The minimum Gasteiger partial charge on any atom is -0.322 e. The van der Waals surface area contributed by atoms with Gasteiger partial charge in [0.05, 0.1) is 22.2 Å². The topological polar surface area (TPSA) is 75.2 Å². The number of benzene rings is 3. The van der Waals surface area contributed by atoms with Crippen molar-refractivity contribution in [3.05, 3.63) is 99.8 Å². The molecule has 6 nitrogen and oxygen atoms in total. The first-order valence-corrected chi connectivity index (χ1v) is 12.7. The average Bonchev–Trinajstić information content (AvgIpc) is 3.11. The lowest BCUT2D eigenvalue weighted by molar-refractivity contribution is -0.137. The molecule has 0 saturated carbocycles. The first-order valence-electron chi connectivity index (χ1n) is 11.9. The molecule has 3 aromatic carbocycles. The van der Waals surface area contributed by atoms with Gasteiger partial charge in [-0.15, -0.1) is 0 Å². The van der Waals surface area contributed by atoms with Crippen LogP contribution in [0.5, 0.6) is 0 Å². The minimum absolute atomic E-state index is 0.197. The van der Waals surface area contributed by atoms with E-state index in [-0.39, 0.29) is 11.9 Å². The minimum atomic E-state index is -4.76. The van der Waals surface area contributed by atoms with Crippen LogP contribution in [0.15, 0.2) is 77.5 Å². The summed E-state index contributed by atoms with van der Waals surface area (Å²) in [5.41, 5.74) is 0.677. The van der Waals surface area contributed by atoms with E-state index < -0.39 is 28.6 Å². The van der Waals surface area contributed by atoms with Crippen molar-refractivity contribution < 1.29 is 22.8 Å². The fraction of sp³-hybridized carbons (Fsp3) is 0.172. The number of nitrogens with one attached hydrogen (secondary N) is 1. The lowest BCUT2D eigenvalue weighted by Crippen LogP contribution is -2.34. The Bertz CT molecular complexity index is 1620. The van der Waals surface area contributed by atoms with E-state index in [4.69, 9.17) is 0 Å². The van der Waals surface area contributed by atoms with Gasteiger partial charge in [0.2, 0.25) is 11.9 Å². The van der Waals surface area contributed by atoms with E-state index in [0.717, 1.165) is 11.6 Å². The van der Waals surface area contributed by atoms with Crippen LogP contribution in [0.1, 0.15) is 40.9 Å². The van der Waals surface area contributed by atoms with Crippen molar-refractivity contribution in [3.8, 4) is 11.1 Å². The first kappa shape index (κ1) is 26.6. The summed E-state index contributed by atoms with van der Waals surface area (Å²) in [6.45, 7) is 5.34. The van der Waals surface area contributed by atoms with Crippen LogP contribution in [0.4, 0.5) is 30.5 Å². The Labute approximate surface area is 231 Å². The monoisotopic (exact) mass is 594 g/mol. The highest BCUT2D eigenvalue weighted by atomic mass is 79.9. The summed E-state index contributed by atoms with van der Waals surface area (Å²) in [6.07, 6.45) is -1.70. The van der Waals surface area contributed by atoms with Gasteiger partial charge < -0.3 is 5.32 Å². The molecule has 4 aromatic rings. The Morgan fingerprint density at radius 3 is 2.38 bits per heavy atom. The van der Waals surface area contributed by atoms with Crippen molar-refractivity contribution in [2.24, 2.45) is 0 Å². The number of fused-ring (bicyclic) bond motifs is 1. The number of aryl methyl sites for hydroxylation is 1. The molecular weight excluding hydrogens is 573 g/mol. The molecule has 5 rings (SSSR count). The Balaban J connectivity index is 1.64. The van der Waals surface area contributed by atoms with Gasteiger partial charge in [0.15, 0.2) is 0 Å². The zero-order valence-corrected chi connectivity index (χ0v) is 22.7. The molecule has 0 saturated heterocycles. The molecule has 0 atom stereocenters. The molecule has 0 aliphatic carbocycles. The summed E-state index contributed by atoms with van der Waals surface area (Å²) in [4.78, 5) is 36.6. The smallest absolute Gasteiger partial charge is 0.322 e. The third-order valence-electron chi connectivity index (χ3n) is 6.71. The van der Waals surface area contributed by atoms with Gasteiger partial charge in [-0.1, -0.05) is 40.2 Å². The van der Waals surface area contributed by atoms with Crippen LogP contribution in [0.2, 0.25) is 0 Å². The standard InChI is InChI=1S/C29H22BrF3N4O2/c1-16-8-10-18(15-22(16)30)36-25(38)20-14-17(9-11-21(20)29(31,32)33)19-6-4-7-23-24(19)28(2,3)26(39)37(23)27-34-12-5-13-35-27/h4-15H,1-3H3,(H,36,38). The second-order valence-corrected chi connectivity index (χ2v) is 10.5. The van der Waals surface area contributed by atoms with Crippen LogP contribution < -0.4 is 10.2 Å². The zero-order chi connectivity index (χ0) is 28.1. The molecule has 1 aliphatic rings. The number of alkyl halides is 3. The molecule has 2 heterocycles. The number of anilines is 3. The number of aromatic nitrogens is 2. The van der Waals surface area contributed by atoms with E-state index in [9.17, 15) is 22.8 Å². The van der Waals surface area contributed by atoms with Crippen molar-refractivity contribution >= 4 is 45.1 Å². The summed E-state index contributed by atoms with van der Waals surface area (Å²) in [7, 11) is 0. The molecule has 198 valence electrons. The van der Waals surface area contributed by atoms with Crippen LogP contribution in [0, 0.1) is 6.92 Å². The molecule has 10 heteroatoms. The van der Waals surface area contributed by atoms with E-state index in [1.165, 1.54) is 29.4 Å². The Morgan fingerprint density at radius 2 is 1.72 bits per heavy atom. The van der Waals surface area contributed by atoms with Crippen molar-refractivity contribution in [2.75, 3.05) is 10.2 Å². The quantitative estimate of drug-likeness (QED) is 0.266. The summed E-state index contributed by atoms with van der Waals surface area (Å²) < 4.78 is 42.6. The van der Waals surface area contributed by atoms with Crippen LogP contribution in [-0.2, 0) is 16.4 Å². The van der Waals surface area contributed by atoms with Crippen LogP contribution in [-0.4, -0.2) is 21.8 Å². The molecule has 0 spiro atoms. The van der Waals surface area contributed by atoms with Crippen molar-refractivity contribution in [2.45, 2.75) is 32.4 Å². The summed E-state index contributed by atoms with van der Waals surface area (Å²) in [6, 6.07) is 15.2. The molecule has 39 heavy (non-hydrogen) atoms. The number of hydrogen-bond acceptors (Lipinski definition) is 4. The molecule has 0 unspecified atom stereocenters. The summed E-state index contributed by atoms with van der Waals surface area (Å²) in [5.74, 6) is -0.976. The Hall–Kier alpha value is -4.05. The molecule has 0 bridgehead atoms. The van der Waals surface area contributed by atoms with Gasteiger partial charge in [-0.25, -0.2) is 14.9 Å². The maximum absolute atomic E-state index is 14.0. The highest BCUT2D eigenvalue weighted by molar-refractivity contribution is 9.10. The van der Waals surface area contributed by atoms with Gasteiger partial charge in [0.1, 0.15) is 0 Å². The van der Waals surface area contributed by atoms with Crippen molar-refractivity contribution in [1.29, 1.82) is 0 Å². The number of carbonyl (C=O) groups excluding carboxylic acids is 2. The SMILES string of the molecule is Cc1ccc(NC(=O)c2cc(-c3cccc4c3C(C)(C)C(=O)N4c3ncccn3)ccc2C(F)(F)F)cc1Br. The van der Waals surface area contributed by atoms with Crippen LogP contribution in [0.25, 0.3) is 11.1 Å². The third-order valence-corrected chi connectivity index (χ3v) is 7.56. The predicted octanol–water partition coefficient (Wildman–Crippen LogP) is 7.44. The number of hydrogen-bond donors (Lipinski definition) is 1. The first-order chi connectivity index (χ1) is 18.4. The highest BCUT2D eigenvalue weighted by Gasteiger charge is 2.47. The normalized spacial score (nSPS) is 14.3. The van der Waals surface area contributed by atoms with E-state index in [2.05, 4.69) is 31.2 Å². The number of halogens is 4. The van der Waals surface area contributed by atoms with Crippen molar-refractivity contribution in [3.63, 3.8) is 0 Å². The largest absolute Gasteiger partial charge is 0.417 e. The molecule has 0 fully saturated rings. The van der Waals surface area contributed by atoms with Crippen molar-refractivity contribution in [1.82, 2.24) is 9.97 Å². The molecule has 1 aliphatic heterocycles. The number of amides is 2. The maximum Gasteiger partial charge on any atom is 0.417 e. The average molecular weight is 595 g/mol. The second kappa shape index (κ2) is 9.60. The fourth-order valence-electron chi connectivity index (χ4n) is 4.74. The van der Waals surface area contributed by atoms with Gasteiger partial charge in [-0.05, 0) is 79.4 Å². The van der Waals surface area contributed by atoms with Gasteiger partial charge >= 0.3 is 6.18 Å². The Kier molecular flexibility index (Phi) is 6.54. The van der Waals surface area contributed by atoms with E-state index in [1.54, 1.807) is 56.3 Å². The zero-order valence-electron chi connectivity index (χ0n) is 21.1. The number of nitrogens with zero attached hydrogens (tertiary/aromatic N) is 3. The second-order valence-electron chi connectivity index (χ2n) is 9.69. The molecule has 1 N–H and O–H groups in total. The van der Waals surface area contributed by atoms with Crippen LogP contribution >= 0.6 is 15.9 Å². The van der Waals surface area contributed by atoms with Gasteiger partial charge in [-0.2, -0.15) is 13.2 Å². The van der Waals surface area contributed by atoms with Gasteiger partial charge in [0.25, 0.3) is 5.91 Å². The Morgan fingerprint density at radius 1 is 1.00 bits per heavy atom. The summed E-state index contributed by atoms with van der Waals surface area (Å²) in [5, 5.41) is 2.57. The third kappa shape index (κ3) is 4.69. The molecule has 2 amide bonds. The van der Waals surface area contributed by atoms with Gasteiger partial charge in [0, 0.05) is 22.6 Å². The van der Waals surface area contributed by atoms with Gasteiger partial charge in [-0.3, -0.25) is 9.59 Å². The predicted molar refractivity (Wildman–Crippen MR) is 146 cm³/mol. The highest BCUT2D eigenvalue weighted by Crippen LogP contribution is 2.49. The lowest BCUT2D eigenvalue weighted by Gasteiger charge is -2.21. The molecule has 0 radical (unpaired) electrons. The lowest BCUT2D eigenvalue weighted by atomic mass is 9.81. The fourth-order valence-corrected chi connectivity index (χ4v) is 5.12. The van der Waals surface area contributed by atoms with Crippen LogP contribution in [0.3, 0.4) is 0 Å². The summed E-state index contributed by atoms with van der Waals surface area (Å²) >= 11 is 3.37. The molecular formula is C29H22BrF3N4O2. The molecule has 1 aromatic heterocycles. The van der Waals surface area contributed by atoms with E-state index >= 15 is 0 Å². The number of rotatable bonds is 4. The number of carbonyl (C=O) groups is 2. The van der Waals surface area contributed by atoms with E-state index in [0.29, 0.717) is 32.5 Å².